The molecule has 0 spiro atoms. The molecular formula is C26H28N4O5S. The minimum absolute atomic E-state index is 0.00115. The molecule has 1 aromatic heterocycles. The van der Waals surface area contributed by atoms with Crippen molar-refractivity contribution in [2.45, 2.75) is 45.3 Å². The lowest BCUT2D eigenvalue weighted by atomic mass is 9.97. The summed E-state index contributed by atoms with van der Waals surface area (Å²) in [4.78, 5) is 42.5. The number of ether oxygens (including phenoxy) is 1. The average Bonchev–Trinajstić information content (AvgIpc) is 3.38. The van der Waals surface area contributed by atoms with Crippen molar-refractivity contribution in [3.05, 3.63) is 85.9 Å². The van der Waals surface area contributed by atoms with Gasteiger partial charge < -0.3 is 15.0 Å². The van der Waals surface area contributed by atoms with E-state index in [1.807, 2.05) is 30.9 Å². The summed E-state index contributed by atoms with van der Waals surface area (Å²) in [5.74, 6) is 0.551. The van der Waals surface area contributed by atoms with Crippen LogP contribution >= 0.6 is 11.3 Å². The minimum Gasteiger partial charge on any atom is -0.491 e. The number of carbonyl (C=O) groups is 2. The van der Waals surface area contributed by atoms with Crippen molar-refractivity contribution < 1.29 is 19.2 Å². The monoisotopic (exact) mass is 508 g/mol. The van der Waals surface area contributed by atoms with Crippen LogP contribution in [0.3, 0.4) is 0 Å². The van der Waals surface area contributed by atoms with Gasteiger partial charge in [0.2, 0.25) is 0 Å². The van der Waals surface area contributed by atoms with Crippen LogP contribution in [0.2, 0.25) is 0 Å². The number of benzene rings is 2. The van der Waals surface area contributed by atoms with Gasteiger partial charge in [-0.25, -0.2) is 4.98 Å². The Morgan fingerprint density at radius 1 is 1.17 bits per heavy atom. The number of hydrogen-bond donors (Lipinski definition) is 1. The number of carbonyl (C=O) groups excluding carboxylic acids is 2. The molecule has 0 atom stereocenters. The summed E-state index contributed by atoms with van der Waals surface area (Å²) in [5.41, 5.74) is 1.34. The van der Waals surface area contributed by atoms with Crippen LogP contribution in [0.5, 0.6) is 5.75 Å². The second-order valence-corrected chi connectivity index (χ2v) is 9.79. The maximum atomic E-state index is 12.9. The number of aromatic nitrogens is 1. The molecule has 4 rings (SSSR count). The van der Waals surface area contributed by atoms with E-state index in [-0.39, 0.29) is 36.1 Å². The van der Waals surface area contributed by atoms with E-state index in [0.717, 1.165) is 23.6 Å². The fraction of sp³-hybridized carbons (Fsp3) is 0.346. The second kappa shape index (κ2) is 11.3. The number of nitrogens with one attached hydrogen (secondary N) is 1. The zero-order valence-electron chi connectivity index (χ0n) is 20.2. The Morgan fingerprint density at radius 2 is 1.86 bits per heavy atom. The molecule has 1 aliphatic heterocycles. The van der Waals surface area contributed by atoms with E-state index >= 15 is 0 Å². The number of piperidine rings is 1. The SMILES string of the molecule is CC(C)Oc1ccc(C(=O)N2CCC(c3nc(C(=O)NCc4ccccc4[N+](=O)[O-])cs3)CC2)cc1. The third-order valence-electron chi connectivity index (χ3n) is 5.99. The molecule has 0 saturated carbocycles. The van der Waals surface area contributed by atoms with E-state index in [4.69, 9.17) is 4.74 Å². The van der Waals surface area contributed by atoms with Crippen molar-refractivity contribution in [1.29, 1.82) is 0 Å². The summed E-state index contributed by atoms with van der Waals surface area (Å²) >= 11 is 1.43. The van der Waals surface area contributed by atoms with E-state index in [9.17, 15) is 19.7 Å². The molecule has 188 valence electrons. The van der Waals surface area contributed by atoms with Gasteiger partial charge >= 0.3 is 0 Å². The highest BCUT2D eigenvalue weighted by Gasteiger charge is 2.27. The Hall–Kier alpha value is -3.79. The minimum atomic E-state index is -0.462. The van der Waals surface area contributed by atoms with Gasteiger partial charge in [-0.3, -0.25) is 19.7 Å². The first kappa shape index (κ1) is 25.3. The molecule has 36 heavy (non-hydrogen) atoms. The van der Waals surface area contributed by atoms with Gasteiger partial charge in [0.1, 0.15) is 11.4 Å². The summed E-state index contributed by atoms with van der Waals surface area (Å²) in [7, 11) is 0. The van der Waals surface area contributed by atoms with Crippen LogP contribution in [0.1, 0.15) is 64.0 Å². The summed E-state index contributed by atoms with van der Waals surface area (Å²) < 4.78 is 5.64. The maximum absolute atomic E-state index is 12.9. The van der Waals surface area contributed by atoms with Crippen LogP contribution in [0, 0.1) is 10.1 Å². The maximum Gasteiger partial charge on any atom is 0.274 e. The van der Waals surface area contributed by atoms with E-state index in [1.165, 1.54) is 17.4 Å². The predicted molar refractivity (Wildman–Crippen MR) is 136 cm³/mol. The molecule has 0 radical (unpaired) electrons. The van der Waals surface area contributed by atoms with Crippen molar-refractivity contribution >= 4 is 28.8 Å². The molecule has 2 amide bonds. The molecule has 0 bridgehead atoms. The van der Waals surface area contributed by atoms with Crippen LogP contribution in [-0.2, 0) is 6.54 Å². The van der Waals surface area contributed by atoms with Gasteiger partial charge in [-0.2, -0.15) is 0 Å². The van der Waals surface area contributed by atoms with Gasteiger partial charge in [0, 0.05) is 48.1 Å². The fourth-order valence-electron chi connectivity index (χ4n) is 4.14. The topological polar surface area (TPSA) is 115 Å². The molecule has 2 aromatic carbocycles. The second-order valence-electron chi connectivity index (χ2n) is 8.90. The standard InChI is InChI=1S/C26H28N4O5S/c1-17(2)35-21-9-7-19(8-10-21)26(32)29-13-11-18(12-14-29)25-28-22(16-36-25)24(31)27-15-20-5-3-4-6-23(20)30(33)34/h3-10,16-18H,11-15H2,1-2H3,(H,27,31). The molecule has 0 unspecified atom stereocenters. The lowest BCUT2D eigenvalue weighted by molar-refractivity contribution is -0.385. The number of amides is 2. The van der Waals surface area contributed by atoms with Crippen LogP contribution in [0.15, 0.2) is 53.9 Å². The van der Waals surface area contributed by atoms with E-state index in [0.29, 0.717) is 29.9 Å². The zero-order chi connectivity index (χ0) is 25.7. The summed E-state index contributed by atoms with van der Waals surface area (Å²) in [5, 5.41) is 16.5. The summed E-state index contributed by atoms with van der Waals surface area (Å²) in [6, 6.07) is 13.5. The van der Waals surface area contributed by atoms with Crippen molar-refractivity contribution in [3.63, 3.8) is 0 Å². The number of nitro benzene ring substituents is 1. The lowest BCUT2D eigenvalue weighted by Gasteiger charge is -2.31. The molecule has 0 aliphatic carbocycles. The molecular weight excluding hydrogens is 480 g/mol. The van der Waals surface area contributed by atoms with Crippen molar-refractivity contribution in [3.8, 4) is 5.75 Å². The lowest BCUT2D eigenvalue weighted by Crippen LogP contribution is -2.37. The Bertz CT molecular complexity index is 1230. The van der Waals surface area contributed by atoms with Gasteiger partial charge in [0.25, 0.3) is 17.5 Å². The highest BCUT2D eigenvalue weighted by atomic mass is 32.1. The smallest absolute Gasteiger partial charge is 0.274 e. The van der Waals surface area contributed by atoms with Gasteiger partial charge in [-0.05, 0) is 51.0 Å². The van der Waals surface area contributed by atoms with Gasteiger partial charge in [-0.1, -0.05) is 18.2 Å². The summed E-state index contributed by atoms with van der Waals surface area (Å²) in [6.45, 7) is 5.20. The third kappa shape index (κ3) is 6.06. The Balaban J connectivity index is 1.30. The fourth-order valence-corrected chi connectivity index (χ4v) is 5.12. The van der Waals surface area contributed by atoms with E-state index in [1.54, 1.807) is 35.7 Å². The van der Waals surface area contributed by atoms with E-state index in [2.05, 4.69) is 10.3 Å². The number of para-hydroxylation sites is 1. The molecule has 2 heterocycles. The van der Waals surface area contributed by atoms with Crippen LogP contribution in [0.25, 0.3) is 0 Å². The largest absolute Gasteiger partial charge is 0.491 e. The zero-order valence-corrected chi connectivity index (χ0v) is 21.0. The van der Waals surface area contributed by atoms with Crippen LogP contribution in [-0.4, -0.2) is 45.8 Å². The van der Waals surface area contributed by atoms with Gasteiger partial charge in [0.15, 0.2) is 0 Å². The number of thiazole rings is 1. The Morgan fingerprint density at radius 3 is 2.53 bits per heavy atom. The molecule has 1 aliphatic rings. The molecule has 1 fully saturated rings. The predicted octanol–water partition coefficient (Wildman–Crippen LogP) is 4.79. The molecule has 10 heteroatoms. The average molecular weight is 509 g/mol. The molecule has 1 saturated heterocycles. The first-order chi connectivity index (χ1) is 17.3. The van der Waals surface area contributed by atoms with Gasteiger partial charge in [-0.15, -0.1) is 11.3 Å². The molecule has 3 aromatic rings. The van der Waals surface area contributed by atoms with Gasteiger partial charge in [0.05, 0.1) is 16.0 Å². The highest BCUT2D eigenvalue weighted by Crippen LogP contribution is 2.31. The first-order valence-electron chi connectivity index (χ1n) is 11.8. The third-order valence-corrected chi connectivity index (χ3v) is 6.99. The van der Waals surface area contributed by atoms with Crippen molar-refractivity contribution in [2.24, 2.45) is 0 Å². The Labute approximate surface area is 213 Å². The Kier molecular flexibility index (Phi) is 7.94. The summed E-state index contributed by atoms with van der Waals surface area (Å²) in [6.07, 6.45) is 1.61. The normalized spacial score (nSPS) is 14.0. The molecule has 9 nitrogen and oxygen atoms in total. The van der Waals surface area contributed by atoms with Crippen LogP contribution in [0.4, 0.5) is 5.69 Å². The van der Waals surface area contributed by atoms with Crippen molar-refractivity contribution in [1.82, 2.24) is 15.2 Å². The number of nitrogens with zero attached hydrogens (tertiary/aromatic N) is 3. The number of hydrogen-bond acceptors (Lipinski definition) is 7. The quantitative estimate of drug-likeness (QED) is 0.346. The van der Waals surface area contributed by atoms with E-state index < -0.39 is 4.92 Å². The van der Waals surface area contributed by atoms with Crippen molar-refractivity contribution in [2.75, 3.05) is 13.1 Å². The first-order valence-corrected chi connectivity index (χ1v) is 12.7. The van der Waals surface area contributed by atoms with Crippen LogP contribution < -0.4 is 10.1 Å². The molecule has 1 N–H and O–H groups in total. The number of nitro groups is 1. The number of rotatable bonds is 8. The number of likely N-dealkylation sites (tertiary alicyclic amines) is 1. The highest BCUT2D eigenvalue weighted by molar-refractivity contribution is 7.09.